The lowest BCUT2D eigenvalue weighted by atomic mass is 10.1. The third-order valence-corrected chi connectivity index (χ3v) is 4.57. The summed E-state index contributed by atoms with van der Waals surface area (Å²) in [5, 5.41) is 13.6. The van der Waals surface area contributed by atoms with Crippen LogP contribution in [0.1, 0.15) is 17.7 Å². The van der Waals surface area contributed by atoms with E-state index in [-0.39, 0.29) is 22.6 Å². The van der Waals surface area contributed by atoms with Crippen LogP contribution in [0.15, 0.2) is 48.5 Å². The lowest BCUT2D eigenvalue weighted by Gasteiger charge is -2.12. The molecule has 0 bridgehead atoms. The predicted octanol–water partition coefficient (Wildman–Crippen LogP) is 4.04. The standard InChI is InChI=1S/C17H18N2O4S/c1-12(13-5-3-7-15(9-13)19(21)22)24-11-17(20)18-14-6-4-8-16(10-14)23-2/h3-10,12H,11H2,1-2H3,(H,18,20)/t12-/m0/s1. The average molecular weight is 346 g/mol. The number of nitrogens with one attached hydrogen (secondary N) is 1. The van der Waals surface area contributed by atoms with Crippen LogP contribution >= 0.6 is 11.8 Å². The second kappa shape index (κ2) is 8.35. The average Bonchev–Trinajstić information content (AvgIpc) is 2.60. The number of nitrogens with zero attached hydrogens (tertiary/aromatic N) is 1. The Morgan fingerprint density at radius 3 is 2.75 bits per heavy atom. The SMILES string of the molecule is COc1cccc(NC(=O)CS[C@@H](C)c2cccc([N+](=O)[O-])c2)c1. The number of anilines is 1. The third-order valence-electron chi connectivity index (χ3n) is 3.37. The van der Waals surface area contributed by atoms with Gasteiger partial charge in [0.1, 0.15) is 5.75 Å². The van der Waals surface area contributed by atoms with Crippen LogP contribution in [0.4, 0.5) is 11.4 Å². The van der Waals surface area contributed by atoms with Crippen molar-refractivity contribution in [3.8, 4) is 5.75 Å². The number of carbonyl (C=O) groups is 1. The normalized spacial score (nSPS) is 11.6. The fraction of sp³-hybridized carbons (Fsp3) is 0.235. The van der Waals surface area contributed by atoms with Crippen molar-refractivity contribution < 1.29 is 14.5 Å². The first-order valence-corrected chi connectivity index (χ1v) is 8.34. The number of carbonyl (C=O) groups excluding carboxylic acids is 1. The van der Waals surface area contributed by atoms with E-state index in [0.29, 0.717) is 11.4 Å². The van der Waals surface area contributed by atoms with Crippen LogP contribution in [0, 0.1) is 10.1 Å². The number of hydrogen-bond donors (Lipinski definition) is 1. The number of rotatable bonds is 7. The number of methoxy groups -OCH3 is 1. The van der Waals surface area contributed by atoms with Crippen LogP contribution in [-0.4, -0.2) is 23.7 Å². The zero-order valence-corrected chi connectivity index (χ0v) is 14.2. The van der Waals surface area contributed by atoms with E-state index in [2.05, 4.69) is 5.32 Å². The fourth-order valence-corrected chi connectivity index (χ4v) is 2.90. The number of hydrogen-bond acceptors (Lipinski definition) is 5. The summed E-state index contributed by atoms with van der Waals surface area (Å²) in [6.45, 7) is 1.92. The molecule has 1 atom stereocenters. The maximum absolute atomic E-state index is 12.0. The summed E-state index contributed by atoms with van der Waals surface area (Å²) in [6, 6.07) is 13.6. The summed E-state index contributed by atoms with van der Waals surface area (Å²) in [5.74, 6) is 0.789. The molecule has 0 radical (unpaired) electrons. The molecule has 0 aromatic heterocycles. The minimum atomic E-state index is -0.420. The Labute approximate surface area is 144 Å². The Morgan fingerprint density at radius 2 is 2.04 bits per heavy atom. The van der Waals surface area contributed by atoms with Crippen LogP contribution in [0.25, 0.3) is 0 Å². The molecule has 2 aromatic carbocycles. The first-order valence-electron chi connectivity index (χ1n) is 7.29. The minimum absolute atomic E-state index is 0.0269. The van der Waals surface area contributed by atoms with Crippen molar-refractivity contribution >= 4 is 29.0 Å². The summed E-state index contributed by atoms with van der Waals surface area (Å²) >= 11 is 1.42. The maximum atomic E-state index is 12.0. The summed E-state index contributed by atoms with van der Waals surface area (Å²) in [6.07, 6.45) is 0. The van der Waals surface area contributed by atoms with Gasteiger partial charge in [0.15, 0.2) is 0 Å². The molecule has 2 rings (SSSR count). The van der Waals surface area contributed by atoms with Gasteiger partial charge >= 0.3 is 0 Å². The van der Waals surface area contributed by atoms with E-state index in [0.717, 1.165) is 5.56 Å². The number of benzene rings is 2. The molecule has 0 fully saturated rings. The topological polar surface area (TPSA) is 81.5 Å². The number of nitro benzene ring substituents is 1. The van der Waals surface area contributed by atoms with Gasteiger partial charge in [0.25, 0.3) is 5.69 Å². The molecule has 0 aliphatic rings. The van der Waals surface area contributed by atoms with E-state index in [4.69, 9.17) is 4.74 Å². The second-order valence-electron chi connectivity index (χ2n) is 5.09. The summed E-state index contributed by atoms with van der Waals surface area (Å²) in [5.41, 5.74) is 1.55. The van der Waals surface area contributed by atoms with Gasteiger partial charge in [-0.15, -0.1) is 11.8 Å². The van der Waals surface area contributed by atoms with Gasteiger partial charge in [-0.2, -0.15) is 0 Å². The van der Waals surface area contributed by atoms with Gasteiger partial charge in [0.05, 0.1) is 17.8 Å². The molecule has 2 aromatic rings. The van der Waals surface area contributed by atoms with E-state index in [1.165, 1.54) is 23.9 Å². The van der Waals surface area contributed by atoms with E-state index < -0.39 is 4.92 Å². The highest BCUT2D eigenvalue weighted by molar-refractivity contribution is 8.00. The van der Waals surface area contributed by atoms with Gasteiger partial charge in [0.2, 0.25) is 5.91 Å². The maximum Gasteiger partial charge on any atom is 0.269 e. The number of amides is 1. The van der Waals surface area contributed by atoms with Gasteiger partial charge in [0, 0.05) is 29.1 Å². The van der Waals surface area contributed by atoms with Crippen LogP contribution in [0.5, 0.6) is 5.75 Å². The Kier molecular flexibility index (Phi) is 6.20. The Hall–Kier alpha value is -2.54. The van der Waals surface area contributed by atoms with Gasteiger partial charge in [-0.05, 0) is 24.6 Å². The van der Waals surface area contributed by atoms with Crippen molar-refractivity contribution in [3.05, 3.63) is 64.2 Å². The molecule has 24 heavy (non-hydrogen) atoms. The highest BCUT2D eigenvalue weighted by atomic mass is 32.2. The van der Waals surface area contributed by atoms with E-state index in [1.54, 1.807) is 37.4 Å². The highest BCUT2D eigenvalue weighted by Gasteiger charge is 2.13. The molecule has 0 saturated heterocycles. The molecule has 1 amide bonds. The van der Waals surface area contributed by atoms with Crippen molar-refractivity contribution in [1.29, 1.82) is 0 Å². The largest absolute Gasteiger partial charge is 0.497 e. The molecule has 126 valence electrons. The van der Waals surface area contributed by atoms with Crippen LogP contribution < -0.4 is 10.1 Å². The zero-order chi connectivity index (χ0) is 17.5. The van der Waals surface area contributed by atoms with Crippen molar-refractivity contribution in [2.24, 2.45) is 0 Å². The summed E-state index contributed by atoms with van der Waals surface area (Å²) in [7, 11) is 1.57. The number of non-ortho nitro benzene ring substituents is 1. The quantitative estimate of drug-likeness (QED) is 0.604. The highest BCUT2D eigenvalue weighted by Crippen LogP contribution is 2.30. The Balaban J connectivity index is 1.91. The van der Waals surface area contributed by atoms with Crippen molar-refractivity contribution in [2.45, 2.75) is 12.2 Å². The lowest BCUT2D eigenvalue weighted by Crippen LogP contribution is -2.14. The molecular formula is C17H18N2O4S. The number of thioether (sulfide) groups is 1. The number of ether oxygens (including phenoxy) is 1. The van der Waals surface area contributed by atoms with Crippen molar-refractivity contribution in [2.75, 3.05) is 18.2 Å². The van der Waals surface area contributed by atoms with Crippen molar-refractivity contribution in [3.63, 3.8) is 0 Å². The minimum Gasteiger partial charge on any atom is -0.497 e. The Morgan fingerprint density at radius 1 is 1.29 bits per heavy atom. The molecule has 0 aliphatic heterocycles. The first kappa shape index (κ1) is 17.8. The monoisotopic (exact) mass is 346 g/mol. The third kappa shape index (κ3) is 4.99. The molecule has 0 heterocycles. The molecule has 1 N–H and O–H groups in total. The second-order valence-corrected chi connectivity index (χ2v) is 6.41. The molecule has 0 spiro atoms. The molecular weight excluding hydrogens is 328 g/mol. The molecule has 0 saturated carbocycles. The molecule has 0 unspecified atom stereocenters. The van der Waals surface area contributed by atoms with Crippen LogP contribution in [0.2, 0.25) is 0 Å². The van der Waals surface area contributed by atoms with E-state index >= 15 is 0 Å². The smallest absolute Gasteiger partial charge is 0.269 e. The summed E-state index contributed by atoms with van der Waals surface area (Å²) in [4.78, 5) is 22.4. The van der Waals surface area contributed by atoms with Gasteiger partial charge in [-0.25, -0.2) is 0 Å². The summed E-state index contributed by atoms with van der Waals surface area (Å²) < 4.78 is 5.11. The Bertz CT molecular complexity index is 736. The predicted molar refractivity (Wildman–Crippen MR) is 95.6 cm³/mol. The zero-order valence-electron chi connectivity index (χ0n) is 13.4. The first-order chi connectivity index (χ1) is 11.5. The number of nitro groups is 1. The van der Waals surface area contributed by atoms with Crippen molar-refractivity contribution in [1.82, 2.24) is 0 Å². The van der Waals surface area contributed by atoms with Gasteiger partial charge in [-0.1, -0.05) is 18.2 Å². The fourth-order valence-electron chi connectivity index (χ4n) is 2.09. The van der Waals surface area contributed by atoms with E-state index in [9.17, 15) is 14.9 Å². The van der Waals surface area contributed by atoms with Gasteiger partial charge in [-0.3, -0.25) is 14.9 Å². The molecule has 7 heteroatoms. The van der Waals surface area contributed by atoms with E-state index in [1.807, 2.05) is 13.0 Å². The molecule has 0 aliphatic carbocycles. The lowest BCUT2D eigenvalue weighted by molar-refractivity contribution is -0.384. The molecule has 6 nitrogen and oxygen atoms in total. The van der Waals surface area contributed by atoms with Gasteiger partial charge < -0.3 is 10.1 Å². The van der Waals surface area contributed by atoms with Crippen LogP contribution in [0.3, 0.4) is 0 Å². The van der Waals surface area contributed by atoms with Crippen LogP contribution in [-0.2, 0) is 4.79 Å².